The first-order valence-electron chi connectivity index (χ1n) is 10.2. The van der Waals surface area contributed by atoms with Crippen molar-refractivity contribution in [1.29, 1.82) is 0 Å². The number of methoxy groups -OCH3 is 1. The second kappa shape index (κ2) is 7.29. The molecule has 3 heterocycles. The molecule has 2 aromatic rings. The number of rotatable bonds is 6. The van der Waals surface area contributed by atoms with Crippen molar-refractivity contribution in [2.45, 2.75) is 18.1 Å². The van der Waals surface area contributed by atoms with E-state index in [0.29, 0.717) is 18.8 Å². The third-order valence-corrected chi connectivity index (χ3v) is 6.35. The number of benzene rings is 2. The molecule has 3 aliphatic rings. The van der Waals surface area contributed by atoms with Gasteiger partial charge in [0.05, 0.1) is 31.6 Å². The van der Waals surface area contributed by atoms with Gasteiger partial charge in [0.15, 0.2) is 0 Å². The summed E-state index contributed by atoms with van der Waals surface area (Å²) in [4.78, 5) is 28.2. The molecule has 6 nitrogen and oxygen atoms in total. The second-order valence-corrected chi connectivity index (χ2v) is 8.11. The van der Waals surface area contributed by atoms with Crippen molar-refractivity contribution in [2.75, 3.05) is 25.5 Å². The van der Waals surface area contributed by atoms with E-state index in [-0.39, 0.29) is 17.9 Å². The number of hydrogen-bond donors (Lipinski definition) is 1. The van der Waals surface area contributed by atoms with Gasteiger partial charge in [-0.1, -0.05) is 42.5 Å². The maximum absolute atomic E-state index is 13.3. The molecule has 0 unspecified atom stereocenters. The average Bonchev–Trinajstić information content (AvgIpc) is 3.41. The van der Waals surface area contributed by atoms with E-state index >= 15 is 0 Å². The average molecular weight is 404 g/mol. The van der Waals surface area contributed by atoms with Crippen LogP contribution in [0, 0.1) is 11.8 Å². The van der Waals surface area contributed by atoms with E-state index in [0.717, 1.165) is 12.2 Å². The Bertz CT molecular complexity index is 988. The number of amides is 2. The molecule has 1 spiro atoms. The maximum atomic E-state index is 13.3. The fraction of sp³-hybridized carbons (Fsp3) is 0.333. The van der Waals surface area contributed by atoms with E-state index in [4.69, 9.17) is 9.47 Å². The molecular formula is C24H24N2O4. The van der Waals surface area contributed by atoms with Crippen LogP contribution in [0.4, 0.5) is 5.69 Å². The molecule has 5 rings (SSSR count). The highest BCUT2D eigenvalue weighted by atomic mass is 16.5. The van der Waals surface area contributed by atoms with Crippen LogP contribution in [-0.2, 0) is 20.7 Å². The molecule has 4 atom stereocenters. The Morgan fingerprint density at radius 2 is 1.97 bits per heavy atom. The van der Waals surface area contributed by atoms with Crippen molar-refractivity contribution in [3.05, 3.63) is 72.3 Å². The summed E-state index contributed by atoms with van der Waals surface area (Å²) in [6, 6.07) is 17.3. The predicted molar refractivity (Wildman–Crippen MR) is 112 cm³/mol. The minimum absolute atomic E-state index is 0.00709. The monoisotopic (exact) mass is 404 g/mol. The molecule has 6 heteroatoms. The van der Waals surface area contributed by atoms with Gasteiger partial charge < -0.3 is 19.7 Å². The smallest absolute Gasteiger partial charge is 0.231 e. The van der Waals surface area contributed by atoms with Gasteiger partial charge in [-0.05, 0) is 36.2 Å². The zero-order chi connectivity index (χ0) is 20.7. The molecule has 0 saturated carbocycles. The summed E-state index contributed by atoms with van der Waals surface area (Å²) < 4.78 is 11.3. The largest absolute Gasteiger partial charge is 0.497 e. The topological polar surface area (TPSA) is 67.9 Å². The SMILES string of the molecule is COc1ccc(NC(=O)[C@@H]2[C@H]3C=C[C@@]4(CN(CCc5ccccc5)C(=O)[C@@H]24)O3)cc1. The Kier molecular flexibility index (Phi) is 4.59. The van der Waals surface area contributed by atoms with Gasteiger partial charge in [0.1, 0.15) is 11.4 Å². The molecular weight excluding hydrogens is 380 g/mol. The van der Waals surface area contributed by atoms with Crippen molar-refractivity contribution in [2.24, 2.45) is 11.8 Å². The van der Waals surface area contributed by atoms with Crippen LogP contribution in [0.5, 0.6) is 5.75 Å². The lowest BCUT2D eigenvalue weighted by atomic mass is 9.77. The molecule has 3 aliphatic heterocycles. The number of likely N-dealkylation sites (tertiary alicyclic amines) is 1. The Hall–Kier alpha value is -3.12. The van der Waals surface area contributed by atoms with Crippen molar-refractivity contribution < 1.29 is 19.1 Å². The van der Waals surface area contributed by atoms with E-state index in [9.17, 15) is 9.59 Å². The number of anilines is 1. The van der Waals surface area contributed by atoms with E-state index in [1.165, 1.54) is 5.56 Å². The number of hydrogen-bond acceptors (Lipinski definition) is 4. The molecule has 0 radical (unpaired) electrons. The Labute approximate surface area is 175 Å². The van der Waals surface area contributed by atoms with Gasteiger partial charge in [0.2, 0.25) is 11.8 Å². The molecule has 2 amide bonds. The first-order chi connectivity index (χ1) is 14.6. The van der Waals surface area contributed by atoms with Crippen molar-refractivity contribution in [3.8, 4) is 5.75 Å². The molecule has 2 fully saturated rings. The summed E-state index contributed by atoms with van der Waals surface area (Å²) in [7, 11) is 1.60. The summed E-state index contributed by atoms with van der Waals surface area (Å²) in [6.45, 7) is 1.12. The van der Waals surface area contributed by atoms with Crippen LogP contribution in [0.15, 0.2) is 66.7 Å². The van der Waals surface area contributed by atoms with Crippen LogP contribution in [0.1, 0.15) is 5.56 Å². The van der Waals surface area contributed by atoms with Crippen LogP contribution >= 0.6 is 0 Å². The quantitative estimate of drug-likeness (QED) is 0.752. The van der Waals surface area contributed by atoms with Gasteiger partial charge in [0.25, 0.3) is 0 Å². The van der Waals surface area contributed by atoms with Crippen LogP contribution in [0.25, 0.3) is 0 Å². The molecule has 0 aromatic heterocycles. The second-order valence-electron chi connectivity index (χ2n) is 8.11. The molecule has 2 bridgehead atoms. The highest BCUT2D eigenvalue weighted by Gasteiger charge is 2.66. The van der Waals surface area contributed by atoms with Crippen LogP contribution < -0.4 is 10.1 Å². The summed E-state index contributed by atoms with van der Waals surface area (Å²) in [6.07, 6.45) is 4.35. The first kappa shape index (κ1) is 18.9. The zero-order valence-corrected chi connectivity index (χ0v) is 16.8. The standard InChI is InChI=1S/C24H24N2O4/c1-29-18-9-7-17(8-10-18)25-22(27)20-19-11-13-24(30-19)15-26(23(28)21(20)24)14-12-16-5-3-2-4-6-16/h2-11,13,19-21H,12,14-15H2,1H3,(H,25,27)/t19-,20-,21-,24+/m1/s1. The predicted octanol–water partition coefficient (Wildman–Crippen LogP) is 2.66. The third kappa shape index (κ3) is 3.08. The van der Waals surface area contributed by atoms with Crippen LogP contribution in [-0.4, -0.2) is 48.6 Å². The van der Waals surface area contributed by atoms with E-state index < -0.39 is 17.4 Å². The van der Waals surface area contributed by atoms with Gasteiger partial charge in [-0.25, -0.2) is 0 Å². The summed E-state index contributed by atoms with van der Waals surface area (Å²) in [5.74, 6) is -0.446. The fourth-order valence-corrected chi connectivity index (χ4v) is 4.88. The highest BCUT2D eigenvalue weighted by molar-refractivity contribution is 5.99. The van der Waals surface area contributed by atoms with Gasteiger partial charge in [-0.3, -0.25) is 9.59 Å². The van der Waals surface area contributed by atoms with Crippen molar-refractivity contribution in [3.63, 3.8) is 0 Å². The number of fused-ring (bicyclic) bond motifs is 1. The van der Waals surface area contributed by atoms with Gasteiger partial charge >= 0.3 is 0 Å². The van der Waals surface area contributed by atoms with Gasteiger partial charge in [0, 0.05) is 12.2 Å². The zero-order valence-electron chi connectivity index (χ0n) is 16.8. The van der Waals surface area contributed by atoms with E-state index in [1.54, 1.807) is 31.4 Å². The van der Waals surface area contributed by atoms with Crippen LogP contribution in [0.2, 0.25) is 0 Å². The number of nitrogens with zero attached hydrogens (tertiary/aromatic N) is 1. The Balaban J connectivity index is 1.31. The number of carbonyl (C=O) groups is 2. The van der Waals surface area contributed by atoms with E-state index in [2.05, 4.69) is 17.4 Å². The summed E-state index contributed by atoms with van der Waals surface area (Å²) >= 11 is 0. The molecule has 2 aromatic carbocycles. The molecule has 30 heavy (non-hydrogen) atoms. The number of ether oxygens (including phenoxy) is 2. The van der Waals surface area contributed by atoms with E-state index in [1.807, 2.05) is 35.3 Å². The molecule has 2 saturated heterocycles. The minimum atomic E-state index is -0.680. The van der Waals surface area contributed by atoms with Crippen LogP contribution in [0.3, 0.4) is 0 Å². The highest BCUT2D eigenvalue weighted by Crippen LogP contribution is 2.52. The number of carbonyl (C=O) groups excluding carboxylic acids is 2. The molecule has 0 aliphatic carbocycles. The lowest BCUT2D eigenvalue weighted by Gasteiger charge is -2.23. The number of nitrogens with one attached hydrogen (secondary N) is 1. The van der Waals surface area contributed by atoms with Crippen molar-refractivity contribution >= 4 is 17.5 Å². The fourth-order valence-electron chi connectivity index (χ4n) is 4.88. The Morgan fingerprint density at radius 3 is 2.70 bits per heavy atom. The maximum Gasteiger partial charge on any atom is 0.231 e. The Morgan fingerprint density at radius 1 is 1.20 bits per heavy atom. The van der Waals surface area contributed by atoms with Crippen molar-refractivity contribution in [1.82, 2.24) is 4.90 Å². The van der Waals surface area contributed by atoms with Gasteiger partial charge in [-0.2, -0.15) is 0 Å². The normalized spacial score (nSPS) is 28.6. The summed E-state index contributed by atoms with van der Waals surface area (Å²) in [5, 5.41) is 2.94. The molecule has 154 valence electrons. The lowest BCUT2D eigenvalue weighted by molar-refractivity contribution is -0.135. The third-order valence-electron chi connectivity index (χ3n) is 6.35. The molecule has 1 N–H and O–H groups in total. The summed E-state index contributed by atoms with van der Waals surface area (Å²) in [5.41, 5.74) is 1.18. The minimum Gasteiger partial charge on any atom is -0.497 e. The first-order valence-corrected chi connectivity index (χ1v) is 10.2. The lowest BCUT2D eigenvalue weighted by Crippen LogP contribution is -2.41. The van der Waals surface area contributed by atoms with Gasteiger partial charge in [-0.15, -0.1) is 0 Å².